The van der Waals surface area contributed by atoms with Crippen LogP contribution in [0.4, 0.5) is 5.00 Å². The van der Waals surface area contributed by atoms with Gasteiger partial charge in [0.2, 0.25) is 5.91 Å². The van der Waals surface area contributed by atoms with Crippen molar-refractivity contribution in [2.45, 2.75) is 18.6 Å². The molecule has 0 aliphatic carbocycles. The van der Waals surface area contributed by atoms with E-state index in [9.17, 15) is 19.2 Å². The highest BCUT2D eigenvalue weighted by Crippen LogP contribution is 2.35. The number of ether oxygens (including phenoxy) is 2. The van der Waals surface area contributed by atoms with Gasteiger partial charge in [0.25, 0.3) is 5.56 Å². The number of thioether (sulfide) groups is 1. The molecule has 0 unspecified atom stereocenters. The number of allylic oxidation sites excluding steroid dienone is 1. The van der Waals surface area contributed by atoms with E-state index in [0.29, 0.717) is 20.9 Å². The molecule has 4 rings (SSSR count). The smallest absolute Gasteiger partial charge is 0.348 e. The molecule has 0 saturated carbocycles. The first-order valence-electron chi connectivity index (χ1n) is 11.2. The van der Waals surface area contributed by atoms with E-state index in [1.165, 1.54) is 30.1 Å². The Balaban J connectivity index is 1.62. The number of carbonyl (C=O) groups is 3. The predicted octanol–water partition coefficient (Wildman–Crippen LogP) is 4.98. The largest absolute Gasteiger partial charge is 0.465 e. The van der Waals surface area contributed by atoms with Gasteiger partial charge in [-0.1, -0.05) is 48.2 Å². The zero-order valence-corrected chi connectivity index (χ0v) is 23.2. The normalized spacial score (nSPS) is 10.8. The van der Waals surface area contributed by atoms with Crippen molar-refractivity contribution in [1.82, 2.24) is 9.55 Å². The number of carbonyl (C=O) groups excluding carboxylic acids is 3. The van der Waals surface area contributed by atoms with Crippen LogP contribution in [-0.4, -0.2) is 47.4 Å². The minimum atomic E-state index is -0.685. The van der Waals surface area contributed by atoms with E-state index in [0.717, 1.165) is 34.2 Å². The number of amides is 1. The van der Waals surface area contributed by atoms with E-state index < -0.39 is 17.8 Å². The minimum absolute atomic E-state index is 0.0892. The lowest BCUT2D eigenvalue weighted by atomic mass is 10.1. The summed E-state index contributed by atoms with van der Waals surface area (Å²) in [4.78, 5) is 56.3. The molecule has 12 heteroatoms. The highest BCUT2D eigenvalue weighted by Gasteiger charge is 2.27. The van der Waals surface area contributed by atoms with Crippen LogP contribution in [0.2, 0.25) is 0 Å². The number of aromatic nitrogens is 2. The third-order valence-electron chi connectivity index (χ3n) is 5.55. The van der Waals surface area contributed by atoms with Crippen LogP contribution < -0.4 is 10.9 Å². The molecule has 0 radical (unpaired) electrons. The number of esters is 2. The SMILES string of the molecule is C=CCn1c(SCC(=O)Nc2sc(C(=O)OC)c(C)c2C(=O)OC)nc2scc(-c3ccccc3)c2c1=O. The quantitative estimate of drug-likeness (QED) is 0.130. The molecule has 0 saturated heterocycles. The Kier molecular flexibility index (Phi) is 8.45. The van der Waals surface area contributed by atoms with Gasteiger partial charge in [0.15, 0.2) is 5.16 Å². The van der Waals surface area contributed by atoms with Gasteiger partial charge in [0.05, 0.1) is 30.9 Å². The van der Waals surface area contributed by atoms with E-state index in [1.54, 1.807) is 13.0 Å². The average molecular weight is 570 g/mol. The van der Waals surface area contributed by atoms with Crippen molar-refractivity contribution in [2.75, 3.05) is 25.3 Å². The number of hydrogen-bond acceptors (Lipinski definition) is 10. The Bertz CT molecular complexity index is 1600. The van der Waals surface area contributed by atoms with Crippen LogP contribution in [0.1, 0.15) is 25.6 Å². The first kappa shape index (κ1) is 27.3. The molecular formula is C26H23N3O6S3. The van der Waals surface area contributed by atoms with Crippen molar-refractivity contribution in [3.8, 4) is 11.1 Å². The van der Waals surface area contributed by atoms with Crippen molar-refractivity contribution in [3.05, 3.63) is 74.7 Å². The molecular weight excluding hydrogens is 547 g/mol. The third kappa shape index (κ3) is 5.28. The maximum atomic E-state index is 13.5. The number of hydrogen-bond donors (Lipinski definition) is 1. The summed E-state index contributed by atoms with van der Waals surface area (Å²) in [6, 6.07) is 9.60. The fourth-order valence-corrected chi connectivity index (χ4v) is 6.69. The number of methoxy groups -OCH3 is 2. The zero-order valence-electron chi connectivity index (χ0n) is 20.7. The predicted molar refractivity (Wildman–Crippen MR) is 151 cm³/mol. The number of rotatable bonds is 9. The molecule has 1 amide bonds. The Labute approximate surface area is 230 Å². The van der Waals surface area contributed by atoms with Gasteiger partial charge in [-0.2, -0.15) is 0 Å². The van der Waals surface area contributed by atoms with Gasteiger partial charge in [-0.05, 0) is 18.1 Å². The van der Waals surface area contributed by atoms with Crippen molar-refractivity contribution >= 4 is 67.5 Å². The van der Waals surface area contributed by atoms with E-state index in [1.807, 2.05) is 35.7 Å². The number of benzene rings is 1. The molecule has 0 fully saturated rings. The van der Waals surface area contributed by atoms with Crippen LogP contribution in [0, 0.1) is 6.92 Å². The molecule has 0 atom stereocenters. The van der Waals surface area contributed by atoms with Crippen molar-refractivity contribution < 1.29 is 23.9 Å². The van der Waals surface area contributed by atoms with E-state index in [-0.39, 0.29) is 33.3 Å². The maximum Gasteiger partial charge on any atom is 0.348 e. The second-order valence-electron chi connectivity index (χ2n) is 7.87. The first-order chi connectivity index (χ1) is 18.3. The third-order valence-corrected chi connectivity index (χ3v) is 8.58. The molecule has 0 bridgehead atoms. The van der Waals surface area contributed by atoms with Gasteiger partial charge in [-0.15, -0.1) is 29.3 Å². The first-order valence-corrected chi connectivity index (χ1v) is 13.9. The zero-order chi connectivity index (χ0) is 27.4. The summed E-state index contributed by atoms with van der Waals surface area (Å²) in [6.07, 6.45) is 1.60. The second-order valence-corrected chi connectivity index (χ2v) is 10.7. The van der Waals surface area contributed by atoms with E-state index in [4.69, 9.17) is 9.47 Å². The highest BCUT2D eigenvalue weighted by atomic mass is 32.2. The topological polar surface area (TPSA) is 117 Å². The highest BCUT2D eigenvalue weighted by molar-refractivity contribution is 7.99. The molecule has 0 spiro atoms. The summed E-state index contributed by atoms with van der Waals surface area (Å²) in [5, 5.41) is 5.65. The number of fused-ring (bicyclic) bond motifs is 1. The van der Waals surface area contributed by atoms with Gasteiger partial charge in [0.1, 0.15) is 14.7 Å². The summed E-state index contributed by atoms with van der Waals surface area (Å²) in [5.41, 5.74) is 1.95. The summed E-state index contributed by atoms with van der Waals surface area (Å²) in [7, 11) is 2.45. The standard InChI is InChI=1S/C26H23N3O6S3/c1-5-11-29-23(31)19-16(15-9-7-6-8-10-15)12-36-21(19)28-26(29)37-13-17(30)27-22-18(24(32)34-3)14(2)20(38-22)25(33)35-4/h5-10,12H,1,11,13H2,2-4H3,(H,27,30). The second kappa shape index (κ2) is 11.8. The van der Waals surface area contributed by atoms with Gasteiger partial charge < -0.3 is 14.8 Å². The van der Waals surface area contributed by atoms with Crippen LogP contribution in [0.5, 0.6) is 0 Å². The summed E-state index contributed by atoms with van der Waals surface area (Å²) >= 11 is 3.38. The van der Waals surface area contributed by atoms with Crippen LogP contribution in [0.15, 0.2) is 58.3 Å². The van der Waals surface area contributed by atoms with Crippen LogP contribution >= 0.6 is 34.4 Å². The lowest BCUT2D eigenvalue weighted by Crippen LogP contribution is -2.23. The van der Waals surface area contributed by atoms with Gasteiger partial charge >= 0.3 is 11.9 Å². The number of anilines is 1. The summed E-state index contributed by atoms with van der Waals surface area (Å²) in [6.45, 7) is 5.55. The van der Waals surface area contributed by atoms with E-state index >= 15 is 0 Å². The molecule has 1 aromatic carbocycles. The molecule has 0 aliphatic rings. The Morgan fingerprint density at radius 1 is 1.16 bits per heavy atom. The summed E-state index contributed by atoms with van der Waals surface area (Å²) in [5.74, 6) is -1.86. The van der Waals surface area contributed by atoms with Crippen LogP contribution in [0.25, 0.3) is 21.3 Å². The van der Waals surface area contributed by atoms with Crippen molar-refractivity contribution in [3.63, 3.8) is 0 Å². The Hall–Kier alpha value is -3.74. The fourth-order valence-electron chi connectivity index (χ4n) is 3.77. The van der Waals surface area contributed by atoms with Gasteiger partial charge in [-0.25, -0.2) is 14.6 Å². The molecule has 4 aromatic rings. The molecule has 38 heavy (non-hydrogen) atoms. The maximum absolute atomic E-state index is 13.5. The molecule has 1 N–H and O–H groups in total. The van der Waals surface area contributed by atoms with E-state index in [2.05, 4.69) is 16.9 Å². The van der Waals surface area contributed by atoms with Crippen LogP contribution in [-0.2, 0) is 20.8 Å². The lowest BCUT2D eigenvalue weighted by molar-refractivity contribution is -0.113. The van der Waals surface area contributed by atoms with Crippen molar-refractivity contribution in [2.24, 2.45) is 0 Å². The number of thiophene rings is 2. The van der Waals surface area contributed by atoms with Gasteiger partial charge in [0, 0.05) is 17.5 Å². The van der Waals surface area contributed by atoms with Crippen LogP contribution in [0.3, 0.4) is 0 Å². The van der Waals surface area contributed by atoms with Crippen molar-refractivity contribution in [1.29, 1.82) is 0 Å². The molecule has 0 aliphatic heterocycles. The monoisotopic (exact) mass is 569 g/mol. The molecule has 9 nitrogen and oxygen atoms in total. The Morgan fingerprint density at radius 3 is 2.53 bits per heavy atom. The lowest BCUT2D eigenvalue weighted by Gasteiger charge is -2.11. The summed E-state index contributed by atoms with van der Waals surface area (Å²) < 4.78 is 11.1. The Morgan fingerprint density at radius 2 is 1.87 bits per heavy atom. The fraction of sp³-hybridized carbons (Fsp3) is 0.192. The molecule has 3 aromatic heterocycles. The average Bonchev–Trinajstić information content (AvgIpc) is 3.50. The molecule has 196 valence electrons. The molecule has 3 heterocycles. The minimum Gasteiger partial charge on any atom is -0.465 e. The number of nitrogens with one attached hydrogen (secondary N) is 1. The number of nitrogens with zero attached hydrogens (tertiary/aromatic N) is 2. The van der Waals surface area contributed by atoms with Gasteiger partial charge in [-0.3, -0.25) is 14.2 Å².